The zero-order valence-corrected chi connectivity index (χ0v) is 8.43. The second kappa shape index (κ2) is 4.91. The molecule has 0 aliphatic rings. The average molecular weight is 210 g/mol. The number of hydrogen-bond acceptors (Lipinski definition) is 0. The van der Waals surface area contributed by atoms with E-state index in [0.717, 1.165) is 3.93 Å². The van der Waals surface area contributed by atoms with Crippen molar-refractivity contribution in [2.45, 2.75) is 27.7 Å². The molecule has 45 valence electrons. The molecule has 2 N–H and O–H groups in total. The van der Waals surface area contributed by atoms with Crippen LogP contribution in [0.15, 0.2) is 0 Å². The van der Waals surface area contributed by atoms with Gasteiger partial charge in [0.15, 0.2) is 0 Å². The Morgan fingerprint density at radius 3 is 1.29 bits per heavy atom. The van der Waals surface area contributed by atoms with Crippen molar-refractivity contribution in [3.05, 3.63) is 0 Å². The predicted molar refractivity (Wildman–Crippen MR) is 36.2 cm³/mol. The van der Waals surface area contributed by atoms with Crippen LogP contribution in [0.3, 0.4) is 0 Å². The summed E-state index contributed by atoms with van der Waals surface area (Å²) >= 11 is -0.700. The minimum Gasteiger partial charge on any atom is -0.412 e. The normalized spacial score (nSPS) is 9.43. The molecular formula is C5H15OSn. The van der Waals surface area contributed by atoms with Crippen LogP contribution in [0.4, 0.5) is 0 Å². The van der Waals surface area contributed by atoms with E-state index in [0.29, 0.717) is 0 Å². The first-order chi connectivity index (χ1) is 2.64. The minimum atomic E-state index is -0.700. The van der Waals surface area contributed by atoms with Gasteiger partial charge in [0.05, 0.1) is 0 Å². The smallest absolute Gasteiger partial charge is 0.412 e. The summed E-state index contributed by atoms with van der Waals surface area (Å²) in [7, 11) is 0. The molecule has 0 aliphatic heterocycles. The van der Waals surface area contributed by atoms with E-state index in [2.05, 4.69) is 23.7 Å². The Morgan fingerprint density at radius 2 is 1.29 bits per heavy atom. The van der Waals surface area contributed by atoms with Crippen LogP contribution in [0.2, 0.25) is 13.8 Å². The van der Waals surface area contributed by atoms with Gasteiger partial charge >= 0.3 is 47.4 Å². The van der Waals surface area contributed by atoms with Crippen LogP contribution in [0.1, 0.15) is 13.8 Å². The number of hydrogen-bond donors (Lipinski definition) is 0. The standard InChI is InChI=1S/C3H7.2CH3.H2O.Sn/c1-3-2;;;;/h3H,1-2H3;2*1H3;1H2;. The summed E-state index contributed by atoms with van der Waals surface area (Å²) in [5.74, 6) is 0. The van der Waals surface area contributed by atoms with Crippen LogP contribution in [-0.2, 0) is 0 Å². The maximum atomic E-state index is 2.44. The van der Waals surface area contributed by atoms with Crippen molar-refractivity contribution in [1.82, 2.24) is 0 Å². The molecule has 2 heteroatoms. The van der Waals surface area contributed by atoms with E-state index in [4.69, 9.17) is 0 Å². The molecule has 0 spiro atoms. The maximum Gasteiger partial charge on any atom is -0.412 e. The molecule has 0 amide bonds. The largest absolute Gasteiger partial charge is 0.412 e. The van der Waals surface area contributed by atoms with Crippen molar-refractivity contribution >= 4 is 19.8 Å². The molecule has 0 rings (SSSR count). The fourth-order valence-electron chi connectivity index (χ4n) is 0. The van der Waals surface area contributed by atoms with Crippen molar-refractivity contribution in [3.8, 4) is 0 Å². The van der Waals surface area contributed by atoms with Crippen LogP contribution in [-0.4, -0.2) is 25.2 Å². The molecule has 1 nitrogen and oxygen atoms in total. The summed E-state index contributed by atoms with van der Waals surface area (Å²) in [5, 5.41) is 0. The molecule has 0 saturated carbocycles. The van der Waals surface area contributed by atoms with E-state index in [-0.39, 0.29) is 5.48 Å². The minimum absolute atomic E-state index is 0. The molecule has 1 radical (unpaired) electrons. The van der Waals surface area contributed by atoms with Crippen molar-refractivity contribution in [3.63, 3.8) is 0 Å². The topological polar surface area (TPSA) is 31.5 Å². The molecule has 0 aliphatic carbocycles. The zero-order valence-electron chi connectivity index (χ0n) is 5.58. The molecule has 0 saturated heterocycles. The fourth-order valence-corrected chi connectivity index (χ4v) is 0. The first-order valence-electron chi connectivity index (χ1n) is 2.44. The van der Waals surface area contributed by atoms with Crippen LogP contribution in [0.25, 0.3) is 0 Å². The van der Waals surface area contributed by atoms with E-state index in [1.807, 2.05) is 0 Å². The van der Waals surface area contributed by atoms with Crippen LogP contribution < -0.4 is 0 Å². The third-order valence-corrected chi connectivity index (χ3v) is 7.75. The Balaban J connectivity index is 0. The van der Waals surface area contributed by atoms with Gasteiger partial charge < -0.3 is 5.48 Å². The SMILES string of the molecule is C[CH](C)[Sn]([CH3])[CH3].O. The summed E-state index contributed by atoms with van der Waals surface area (Å²) < 4.78 is 1.05. The van der Waals surface area contributed by atoms with Crippen molar-refractivity contribution in [2.75, 3.05) is 0 Å². The van der Waals surface area contributed by atoms with Crippen LogP contribution in [0.5, 0.6) is 0 Å². The molecule has 7 heavy (non-hydrogen) atoms. The molecule has 0 aromatic carbocycles. The van der Waals surface area contributed by atoms with Crippen molar-refractivity contribution in [1.29, 1.82) is 0 Å². The van der Waals surface area contributed by atoms with E-state index in [1.165, 1.54) is 0 Å². The van der Waals surface area contributed by atoms with E-state index >= 15 is 0 Å². The molecule has 0 atom stereocenters. The maximum absolute atomic E-state index is 2.44. The Labute approximate surface area is 53.2 Å². The van der Waals surface area contributed by atoms with Crippen molar-refractivity contribution in [2.24, 2.45) is 0 Å². The zero-order chi connectivity index (χ0) is 5.15. The Bertz CT molecular complexity index is 29.1. The molecule has 0 unspecified atom stereocenters. The molecule has 0 aromatic rings. The van der Waals surface area contributed by atoms with Gasteiger partial charge in [-0.3, -0.25) is 0 Å². The van der Waals surface area contributed by atoms with Gasteiger partial charge in [-0.15, -0.1) is 0 Å². The Kier molecular flexibility index (Phi) is 7.49. The molecule has 0 aromatic heterocycles. The second-order valence-corrected chi connectivity index (χ2v) is 11.7. The van der Waals surface area contributed by atoms with Gasteiger partial charge in [0, 0.05) is 0 Å². The summed E-state index contributed by atoms with van der Waals surface area (Å²) in [6.45, 7) is 4.66. The van der Waals surface area contributed by atoms with Crippen LogP contribution >= 0.6 is 0 Å². The van der Waals surface area contributed by atoms with Gasteiger partial charge in [-0.05, 0) is 0 Å². The van der Waals surface area contributed by atoms with Gasteiger partial charge in [0.25, 0.3) is 0 Å². The fraction of sp³-hybridized carbons (Fsp3) is 1.00. The molecule has 0 heterocycles. The predicted octanol–water partition coefficient (Wildman–Crippen LogP) is 1.33. The average Bonchev–Trinajstić information content (AvgIpc) is 1.36. The second-order valence-electron chi connectivity index (χ2n) is 2.23. The molecule has 0 fully saturated rings. The Morgan fingerprint density at radius 1 is 1.14 bits per heavy atom. The molecular weight excluding hydrogens is 195 g/mol. The third kappa shape index (κ3) is 6.76. The molecule has 0 bridgehead atoms. The summed E-state index contributed by atoms with van der Waals surface area (Å²) in [4.78, 5) is 4.87. The van der Waals surface area contributed by atoms with Crippen LogP contribution in [0, 0.1) is 0 Å². The summed E-state index contributed by atoms with van der Waals surface area (Å²) in [6.07, 6.45) is 0. The van der Waals surface area contributed by atoms with E-state index < -0.39 is 19.8 Å². The number of rotatable bonds is 1. The monoisotopic (exact) mass is 211 g/mol. The van der Waals surface area contributed by atoms with Gasteiger partial charge in [-0.2, -0.15) is 0 Å². The van der Waals surface area contributed by atoms with Gasteiger partial charge in [0.1, 0.15) is 0 Å². The Hall–Kier alpha value is 0.759. The van der Waals surface area contributed by atoms with Gasteiger partial charge in [-0.1, -0.05) is 0 Å². The first kappa shape index (κ1) is 10.7. The van der Waals surface area contributed by atoms with Gasteiger partial charge in [-0.25, -0.2) is 0 Å². The van der Waals surface area contributed by atoms with E-state index in [1.54, 1.807) is 0 Å². The summed E-state index contributed by atoms with van der Waals surface area (Å²) in [6, 6.07) is 0. The summed E-state index contributed by atoms with van der Waals surface area (Å²) in [5.41, 5.74) is 0. The quantitative estimate of drug-likeness (QED) is 0.584. The first-order valence-corrected chi connectivity index (χ1v) is 9.80. The van der Waals surface area contributed by atoms with Crippen molar-refractivity contribution < 1.29 is 5.48 Å². The van der Waals surface area contributed by atoms with Gasteiger partial charge in [0.2, 0.25) is 0 Å². The third-order valence-electron chi connectivity index (χ3n) is 1.15. The van der Waals surface area contributed by atoms with E-state index in [9.17, 15) is 0 Å².